The van der Waals surface area contributed by atoms with Crippen molar-refractivity contribution in [1.29, 1.82) is 0 Å². The Morgan fingerprint density at radius 1 is 0.865 bits per heavy atom. The van der Waals surface area contributed by atoms with E-state index in [2.05, 4.69) is 21.2 Å². The highest BCUT2D eigenvalue weighted by molar-refractivity contribution is 6.39. The Morgan fingerprint density at radius 3 is 2.41 bits per heavy atom. The topological polar surface area (TPSA) is 118 Å². The van der Waals surface area contributed by atoms with Crippen LogP contribution in [0.4, 0.5) is 11.4 Å². The molecule has 0 unspecified atom stereocenters. The van der Waals surface area contributed by atoms with E-state index in [1.165, 1.54) is 6.21 Å². The van der Waals surface area contributed by atoms with Crippen LogP contribution in [0.15, 0.2) is 71.8 Å². The van der Waals surface area contributed by atoms with Crippen LogP contribution in [0, 0.1) is 13.8 Å². The lowest BCUT2D eigenvalue weighted by Gasteiger charge is -2.10. The van der Waals surface area contributed by atoms with Gasteiger partial charge in [-0.15, -0.1) is 0 Å². The maximum atomic E-state index is 12.3. The molecule has 0 radical (unpaired) electrons. The number of nitrogens with one attached hydrogen (secondary N) is 3. The summed E-state index contributed by atoms with van der Waals surface area (Å²) in [5.41, 5.74) is 6.00. The molecule has 9 nitrogen and oxygen atoms in total. The molecule has 0 aliphatic carbocycles. The first kappa shape index (κ1) is 26.9. The number of rotatable bonds is 10. The highest BCUT2D eigenvalue weighted by Gasteiger charge is 2.13. The highest BCUT2D eigenvalue weighted by atomic mass is 16.5. The van der Waals surface area contributed by atoms with Crippen LogP contribution in [0.3, 0.4) is 0 Å². The summed E-state index contributed by atoms with van der Waals surface area (Å²) >= 11 is 0. The van der Waals surface area contributed by atoms with Crippen LogP contribution in [0.1, 0.15) is 30.0 Å². The van der Waals surface area contributed by atoms with Crippen molar-refractivity contribution < 1.29 is 23.9 Å². The number of amides is 3. The monoisotopic (exact) mass is 502 g/mol. The van der Waals surface area contributed by atoms with Gasteiger partial charge in [-0.1, -0.05) is 31.2 Å². The van der Waals surface area contributed by atoms with Gasteiger partial charge in [0, 0.05) is 11.4 Å². The van der Waals surface area contributed by atoms with Crippen LogP contribution in [0.25, 0.3) is 0 Å². The number of benzene rings is 3. The number of carbonyl (C=O) groups is 3. The number of nitrogens with zero attached hydrogens (tertiary/aromatic N) is 1. The summed E-state index contributed by atoms with van der Waals surface area (Å²) in [5, 5.41) is 9.16. The van der Waals surface area contributed by atoms with Gasteiger partial charge in [0.1, 0.15) is 11.5 Å². The van der Waals surface area contributed by atoms with E-state index in [0.717, 1.165) is 23.2 Å². The molecule has 0 atom stereocenters. The quantitative estimate of drug-likeness (QED) is 0.218. The molecule has 3 rings (SSSR count). The molecule has 0 spiro atoms. The van der Waals surface area contributed by atoms with Crippen molar-refractivity contribution >= 4 is 35.3 Å². The first-order valence-corrected chi connectivity index (χ1v) is 11.8. The molecule has 192 valence electrons. The van der Waals surface area contributed by atoms with E-state index in [1.54, 1.807) is 48.5 Å². The molecular formula is C28H30N4O5. The lowest BCUT2D eigenvalue weighted by Crippen LogP contribution is -2.32. The normalized spacial score (nSPS) is 10.6. The van der Waals surface area contributed by atoms with Crippen molar-refractivity contribution in [3.63, 3.8) is 0 Å². The van der Waals surface area contributed by atoms with Crippen LogP contribution in [-0.2, 0) is 14.4 Å². The van der Waals surface area contributed by atoms with Gasteiger partial charge in [0.25, 0.3) is 5.91 Å². The number of carbonyl (C=O) groups excluding carboxylic acids is 3. The minimum Gasteiger partial charge on any atom is -0.494 e. The van der Waals surface area contributed by atoms with Crippen molar-refractivity contribution in [1.82, 2.24) is 5.43 Å². The van der Waals surface area contributed by atoms with E-state index in [1.807, 2.05) is 39.0 Å². The number of hydrogen-bond acceptors (Lipinski definition) is 6. The van der Waals surface area contributed by atoms with E-state index in [9.17, 15) is 14.4 Å². The number of hydrazone groups is 1. The molecule has 37 heavy (non-hydrogen) atoms. The van der Waals surface area contributed by atoms with E-state index in [4.69, 9.17) is 9.47 Å². The molecular weight excluding hydrogens is 472 g/mol. The molecule has 0 saturated heterocycles. The van der Waals surface area contributed by atoms with Crippen LogP contribution in [-0.4, -0.2) is 37.1 Å². The summed E-state index contributed by atoms with van der Waals surface area (Å²) < 4.78 is 11.1. The summed E-state index contributed by atoms with van der Waals surface area (Å²) in [6.07, 6.45) is 2.26. The fourth-order valence-corrected chi connectivity index (χ4v) is 3.15. The Bertz CT molecular complexity index is 1270. The summed E-state index contributed by atoms with van der Waals surface area (Å²) in [7, 11) is 0. The molecule has 0 saturated carbocycles. The molecule has 0 aromatic heterocycles. The molecule has 0 fully saturated rings. The second kappa shape index (κ2) is 13.4. The van der Waals surface area contributed by atoms with Crippen molar-refractivity contribution in [2.75, 3.05) is 23.8 Å². The smallest absolute Gasteiger partial charge is 0.329 e. The van der Waals surface area contributed by atoms with Crippen molar-refractivity contribution in [2.24, 2.45) is 5.10 Å². The van der Waals surface area contributed by atoms with Crippen molar-refractivity contribution in [3.05, 3.63) is 83.4 Å². The second-order valence-electron chi connectivity index (χ2n) is 8.25. The van der Waals surface area contributed by atoms with Gasteiger partial charge in [0.15, 0.2) is 6.61 Å². The SMILES string of the molecule is CCCOc1ccc(NC(=O)C(=O)N/N=C\c2cccc(OCC(=O)Nc3cc(C)ccc3C)c2)cc1. The third-order valence-corrected chi connectivity index (χ3v) is 5.07. The largest absolute Gasteiger partial charge is 0.494 e. The van der Waals surface area contributed by atoms with E-state index < -0.39 is 11.8 Å². The molecule has 3 N–H and O–H groups in total. The van der Waals surface area contributed by atoms with E-state index >= 15 is 0 Å². The second-order valence-corrected chi connectivity index (χ2v) is 8.25. The molecule has 3 aromatic rings. The van der Waals surface area contributed by atoms with Crippen LogP contribution in [0.5, 0.6) is 11.5 Å². The lowest BCUT2D eigenvalue weighted by atomic mass is 10.1. The average Bonchev–Trinajstić information content (AvgIpc) is 2.89. The third kappa shape index (κ3) is 8.81. The van der Waals surface area contributed by atoms with Crippen LogP contribution < -0.4 is 25.5 Å². The summed E-state index contributed by atoms with van der Waals surface area (Å²) in [6, 6.07) is 19.4. The molecule has 0 aliphatic rings. The number of anilines is 2. The summed E-state index contributed by atoms with van der Waals surface area (Å²) in [6.45, 7) is 6.31. The molecule has 0 bridgehead atoms. The van der Waals surface area contributed by atoms with Crippen molar-refractivity contribution in [2.45, 2.75) is 27.2 Å². The molecule has 3 aromatic carbocycles. The minimum absolute atomic E-state index is 0.170. The van der Waals surface area contributed by atoms with Gasteiger partial charge in [-0.2, -0.15) is 5.10 Å². The number of ether oxygens (including phenoxy) is 2. The summed E-state index contributed by atoms with van der Waals surface area (Å²) in [5.74, 6) is -0.920. The molecule has 0 aliphatic heterocycles. The molecule has 9 heteroatoms. The zero-order valence-electron chi connectivity index (χ0n) is 21.0. The standard InChI is InChI=1S/C28H30N4O5/c1-4-14-36-23-12-10-22(11-13-23)30-27(34)28(35)32-29-17-21-6-5-7-24(16-21)37-18-26(33)31-25-15-19(2)8-9-20(25)3/h5-13,15-17H,4,14,18H2,1-3H3,(H,30,34)(H,31,33)(H,32,35)/b29-17-. The Morgan fingerprint density at radius 2 is 1.65 bits per heavy atom. The van der Waals surface area contributed by atoms with Gasteiger partial charge >= 0.3 is 11.8 Å². The lowest BCUT2D eigenvalue weighted by molar-refractivity contribution is -0.136. The van der Waals surface area contributed by atoms with Gasteiger partial charge in [-0.3, -0.25) is 14.4 Å². The number of aryl methyl sites for hydroxylation is 2. The third-order valence-electron chi connectivity index (χ3n) is 5.07. The van der Waals surface area contributed by atoms with Crippen LogP contribution >= 0.6 is 0 Å². The van der Waals surface area contributed by atoms with E-state index in [0.29, 0.717) is 29.4 Å². The van der Waals surface area contributed by atoms with Gasteiger partial charge < -0.3 is 20.1 Å². The molecule has 0 heterocycles. The van der Waals surface area contributed by atoms with Gasteiger partial charge in [-0.05, 0) is 79.4 Å². The van der Waals surface area contributed by atoms with Gasteiger partial charge in [-0.25, -0.2) is 5.43 Å². The number of hydrogen-bond donors (Lipinski definition) is 3. The fraction of sp³-hybridized carbons (Fsp3) is 0.214. The highest BCUT2D eigenvalue weighted by Crippen LogP contribution is 2.17. The minimum atomic E-state index is -0.918. The maximum absolute atomic E-state index is 12.3. The fourth-order valence-electron chi connectivity index (χ4n) is 3.15. The molecule has 3 amide bonds. The predicted molar refractivity (Wildman–Crippen MR) is 143 cm³/mol. The van der Waals surface area contributed by atoms with Crippen LogP contribution in [0.2, 0.25) is 0 Å². The van der Waals surface area contributed by atoms with Gasteiger partial charge in [0.05, 0.1) is 12.8 Å². The Hall–Kier alpha value is -4.66. The summed E-state index contributed by atoms with van der Waals surface area (Å²) in [4.78, 5) is 36.4. The zero-order chi connectivity index (χ0) is 26.6. The maximum Gasteiger partial charge on any atom is 0.329 e. The first-order chi connectivity index (χ1) is 17.8. The first-order valence-electron chi connectivity index (χ1n) is 11.8. The predicted octanol–water partition coefficient (Wildman–Crippen LogP) is 4.20. The zero-order valence-corrected chi connectivity index (χ0v) is 21.0. The Balaban J connectivity index is 1.46. The Kier molecular flexibility index (Phi) is 9.78. The van der Waals surface area contributed by atoms with Crippen molar-refractivity contribution in [3.8, 4) is 11.5 Å². The van der Waals surface area contributed by atoms with Gasteiger partial charge in [0.2, 0.25) is 0 Å². The van der Waals surface area contributed by atoms with E-state index in [-0.39, 0.29) is 12.5 Å². The Labute approximate surface area is 215 Å². The average molecular weight is 503 g/mol.